The second kappa shape index (κ2) is 16.3. The molecule has 2 amide bonds. The highest BCUT2D eigenvalue weighted by Crippen LogP contribution is 2.44. The van der Waals surface area contributed by atoms with Crippen LogP contribution < -0.4 is 25.7 Å². The molecule has 1 aliphatic heterocycles. The summed E-state index contributed by atoms with van der Waals surface area (Å²) in [4.78, 5) is 63.7. The van der Waals surface area contributed by atoms with E-state index in [2.05, 4.69) is 10.6 Å². The van der Waals surface area contributed by atoms with Gasteiger partial charge in [0, 0.05) is 38.2 Å². The Morgan fingerprint density at radius 1 is 1.00 bits per heavy atom. The van der Waals surface area contributed by atoms with Crippen LogP contribution in [0.3, 0.4) is 0 Å². The summed E-state index contributed by atoms with van der Waals surface area (Å²) in [6.07, 6.45) is 3.35. The first-order valence-corrected chi connectivity index (χ1v) is 17.1. The van der Waals surface area contributed by atoms with Crippen LogP contribution in [0.15, 0.2) is 28.5 Å². The van der Waals surface area contributed by atoms with Gasteiger partial charge in [0.05, 0.1) is 49.9 Å². The molecule has 1 aromatic carbocycles. The smallest absolute Gasteiger partial charge is 0.341 e. The zero-order chi connectivity index (χ0) is 37.7. The lowest BCUT2D eigenvalue weighted by Crippen LogP contribution is -2.39. The summed E-state index contributed by atoms with van der Waals surface area (Å²) in [5.74, 6) is -4.21. The summed E-state index contributed by atoms with van der Waals surface area (Å²) in [6, 6.07) is 0.943. The van der Waals surface area contributed by atoms with E-state index in [1.807, 2.05) is 20.8 Å². The summed E-state index contributed by atoms with van der Waals surface area (Å²) < 4.78 is 49.7. The lowest BCUT2D eigenvalue weighted by Gasteiger charge is -2.33. The molecule has 15 heteroatoms. The van der Waals surface area contributed by atoms with Crippen molar-refractivity contribution in [2.24, 2.45) is 0 Å². The predicted octanol–water partition coefficient (Wildman–Crippen LogP) is 4.20. The van der Waals surface area contributed by atoms with Gasteiger partial charge in [-0.05, 0) is 71.9 Å². The molecule has 0 spiro atoms. The highest BCUT2D eigenvalue weighted by Gasteiger charge is 2.33. The number of aromatic nitrogens is 1. The van der Waals surface area contributed by atoms with Crippen LogP contribution in [0.1, 0.15) is 89.5 Å². The first-order valence-electron chi connectivity index (χ1n) is 17.1. The van der Waals surface area contributed by atoms with E-state index in [9.17, 15) is 29.1 Å². The molecule has 2 aromatic rings. The van der Waals surface area contributed by atoms with Gasteiger partial charge >= 0.3 is 5.97 Å². The van der Waals surface area contributed by atoms with Gasteiger partial charge in [0.15, 0.2) is 17.3 Å². The average molecular weight is 719 g/mol. The fourth-order valence-corrected chi connectivity index (χ4v) is 5.89. The molecule has 13 nitrogen and oxygen atoms in total. The van der Waals surface area contributed by atoms with Gasteiger partial charge in [-0.3, -0.25) is 19.2 Å². The number of pyridine rings is 1. The van der Waals surface area contributed by atoms with Crippen LogP contribution in [0.5, 0.6) is 5.75 Å². The highest BCUT2D eigenvalue weighted by atomic mass is 19.1. The van der Waals surface area contributed by atoms with Gasteiger partial charge in [0.1, 0.15) is 22.7 Å². The number of rotatable bonds is 16. The number of carbonyl (C=O) groups excluding carboxylic acids is 3. The number of anilines is 1. The number of amides is 2. The molecule has 280 valence electrons. The number of aromatic carboxylic acids is 1. The minimum atomic E-state index is -1.41. The number of nitrogens with zero attached hydrogens (tertiary/aromatic N) is 2. The van der Waals surface area contributed by atoms with Crippen LogP contribution in [0.25, 0.3) is 10.9 Å². The normalized spacial score (nSPS) is 16.2. The number of piperidine rings is 1. The van der Waals surface area contributed by atoms with E-state index in [0.717, 1.165) is 18.9 Å². The molecule has 51 heavy (non-hydrogen) atoms. The van der Waals surface area contributed by atoms with Crippen molar-refractivity contribution in [2.45, 2.75) is 90.4 Å². The Morgan fingerprint density at radius 3 is 2.29 bits per heavy atom. The van der Waals surface area contributed by atoms with Crippen molar-refractivity contribution in [3.63, 3.8) is 0 Å². The Kier molecular flexibility index (Phi) is 12.6. The van der Waals surface area contributed by atoms with Crippen molar-refractivity contribution >= 4 is 40.2 Å². The summed E-state index contributed by atoms with van der Waals surface area (Å²) in [7, 11) is 1.33. The number of fused-ring (bicyclic) bond motifs is 1. The lowest BCUT2D eigenvalue weighted by atomic mass is 9.99. The second-order valence-electron chi connectivity index (χ2n) is 14.3. The van der Waals surface area contributed by atoms with Crippen molar-refractivity contribution in [3.8, 4) is 5.75 Å². The van der Waals surface area contributed by atoms with E-state index < -0.39 is 59.1 Å². The fraction of sp³-hybridized carbons (Fsp3) is 0.583. The summed E-state index contributed by atoms with van der Waals surface area (Å²) in [5.41, 5.74) is -2.10. The summed E-state index contributed by atoms with van der Waals surface area (Å²) in [6.45, 7) is 8.96. The molecule has 2 fully saturated rings. The van der Waals surface area contributed by atoms with Crippen molar-refractivity contribution in [1.82, 2.24) is 15.2 Å². The quantitative estimate of drug-likeness (QED) is 0.214. The molecule has 0 atom stereocenters. The number of Topliss-reactive ketones (excluding diaryl/α,β-unsaturated/α-hetero) is 1. The number of methoxy groups -OCH3 is 1. The van der Waals surface area contributed by atoms with E-state index in [1.54, 1.807) is 23.3 Å². The van der Waals surface area contributed by atoms with E-state index in [-0.39, 0.29) is 65.8 Å². The predicted molar refractivity (Wildman–Crippen MR) is 186 cm³/mol. The van der Waals surface area contributed by atoms with Crippen molar-refractivity contribution in [2.75, 3.05) is 51.4 Å². The van der Waals surface area contributed by atoms with E-state index >= 15 is 8.78 Å². The van der Waals surface area contributed by atoms with Gasteiger partial charge < -0.3 is 39.4 Å². The minimum Gasteiger partial charge on any atom is -0.492 e. The third-order valence-electron chi connectivity index (χ3n) is 8.78. The number of carboxylic acid groups (broad SMARTS) is 1. The van der Waals surface area contributed by atoms with E-state index in [1.165, 1.54) is 13.3 Å². The number of nitrogens with one attached hydrogen (secondary N) is 2. The van der Waals surface area contributed by atoms with E-state index in [0.29, 0.717) is 31.6 Å². The zero-order valence-corrected chi connectivity index (χ0v) is 30.1. The monoisotopic (exact) mass is 718 g/mol. The van der Waals surface area contributed by atoms with Gasteiger partial charge in [0.2, 0.25) is 17.2 Å². The minimum absolute atomic E-state index is 0.0181. The first-order chi connectivity index (χ1) is 23.9. The molecule has 1 saturated heterocycles. The van der Waals surface area contributed by atoms with Gasteiger partial charge in [-0.1, -0.05) is 0 Å². The lowest BCUT2D eigenvalue weighted by molar-refractivity contribution is -0.145. The van der Waals surface area contributed by atoms with Gasteiger partial charge in [-0.2, -0.15) is 0 Å². The van der Waals surface area contributed by atoms with Crippen LogP contribution in [0.2, 0.25) is 0 Å². The van der Waals surface area contributed by atoms with Crippen LogP contribution >= 0.6 is 0 Å². The molecule has 2 aliphatic rings. The molecule has 0 bridgehead atoms. The Balaban J connectivity index is 1.34. The SMILES string of the molecule is COc1c(N2CCC/C(=C(\F)CNC(=O)CNC(=O)CCC(=O)C(C)(C)OCCOC(C)(C)C)C2)c(F)cc2c(=O)c(C(=O)O)cn(C3CC3)c12. The fourth-order valence-electron chi connectivity index (χ4n) is 5.89. The topological polar surface area (TPSA) is 166 Å². The van der Waals surface area contributed by atoms with Gasteiger partial charge in [0.25, 0.3) is 0 Å². The molecule has 1 aliphatic carbocycles. The molecule has 3 N–H and O–H groups in total. The van der Waals surface area contributed by atoms with Gasteiger partial charge in [-0.15, -0.1) is 0 Å². The van der Waals surface area contributed by atoms with Gasteiger partial charge in [-0.25, -0.2) is 13.6 Å². The Bertz CT molecular complexity index is 1760. The van der Waals surface area contributed by atoms with Crippen molar-refractivity contribution in [3.05, 3.63) is 45.3 Å². The van der Waals surface area contributed by atoms with Crippen LogP contribution in [0, 0.1) is 5.82 Å². The highest BCUT2D eigenvalue weighted by molar-refractivity contribution is 5.97. The maximum absolute atomic E-state index is 15.8. The Morgan fingerprint density at radius 2 is 1.67 bits per heavy atom. The molecule has 0 radical (unpaired) electrons. The zero-order valence-electron chi connectivity index (χ0n) is 30.1. The number of hydrogen-bond donors (Lipinski definition) is 3. The maximum Gasteiger partial charge on any atom is 0.341 e. The largest absolute Gasteiger partial charge is 0.492 e. The standard InChI is InChI=1S/C36H48F2N4O9/c1-35(2,3)50-14-15-51-36(4,5)27(43)11-12-28(44)40-18-29(45)39-17-26(38)21-8-7-13-41(19-21)31-25(37)16-23-30(33(31)49-6)42(22-9-10-22)20-24(32(23)46)34(47)48/h16,20,22H,7-15,17-19H2,1-6H3,(H,39,45)(H,40,44)(H,47,48)/b26-21+. The molecular formula is C36H48F2N4O9. The average Bonchev–Trinajstić information content (AvgIpc) is 3.92. The Labute approximate surface area is 295 Å². The molecule has 0 unspecified atom stereocenters. The number of carboxylic acids is 1. The molecule has 1 saturated carbocycles. The molecule has 4 rings (SSSR count). The number of halogens is 2. The molecule has 1 aromatic heterocycles. The van der Waals surface area contributed by atoms with Crippen LogP contribution in [-0.2, 0) is 23.9 Å². The number of ether oxygens (including phenoxy) is 3. The van der Waals surface area contributed by atoms with Crippen molar-refractivity contribution in [1.29, 1.82) is 0 Å². The molecular weight excluding hydrogens is 670 g/mol. The first kappa shape index (κ1) is 39.4. The molecule has 2 heterocycles. The van der Waals surface area contributed by atoms with Crippen LogP contribution in [-0.4, -0.2) is 90.9 Å². The third kappa shape index (κ3) is 10.1. The number of hydrogen-bond acceptors (Lipinski definition) is 9. The maximum atomic E-state index is 15.8. The second-order valence-corrected chi connectivity index (χ2v) is 14.3. The number of ketones is 1. The Hall–Kier alpha value is -4.37. The number of carbonyl (C=O) groups is 4. The summed E-state index contributed by atoms with van der Waals surface area (Å²) in [5, 5.41) is 14.3. The van der Waals surface area contributed by atoms with Crippen molar-refractivity contribution < 1.29 is 47.3 Å². The van der Waals surface area contributed by atoms with Crippen LogP contribution in [0.4, 0.5) is 14.5 Å². The van der Waals surface area contributed by atoms with E-state index in [4.69, 9.17) is 14.2 Å². The number of benzene rings is 1. The third-order valence-corrected chi connectivity index (χ3v) is 8.78. The summed E-state index contributed by atoms with van der Waals surface area (Å²) >= 11 is 0.